The van der Waals surface area contributed by atoms with Crippen LogP contribution in [0.25, 0.3) is 0 Å². The van der Waals surface area contributed by atoms with Gasteiger partial charge in [0.1, 0.15) is 5.82 Å². The monoisotopic (exact) mass is 179 g/mol. The minimum Gasteiger partial charge on any atom is -0.309 e. The molecular weight excluding hydrogens is 165 g/mol. The van der Waals surface area contributed by atoms with Gasteiger partial charge in [0.05, 0.1) is 0 Å². The Labute approximate surface area is 78.3 Å². The van der Waals surface area contributed by atoms with Gasteiger partial charge in [-0.2, -0.15) is 0 Å². The maximum atomic E-state index is 13.0. The molecule has 1 aromatic carbocycles. The van der Waals surface area contributed by atoms with Crippen LogP contribution >= 0.6 is 0 Å². The van der Waals surface area contributed by atoms with Gasteiger partial charge >= 0.3 is 0 Å². The van der Waals surface area contributed by atoms with Crippen molar-refractivity contribution in [3.05, 3.63) is 47.8 Å². The fourth-order valence-corrected chi connectivity index (χ4v) is 1.15. The Morgan fingerprint density at radius 2 is 2.31 bits per heavy atom. The molecule has 2 heteroatoms. The first-order valence-electron chi connectivity index (χ1n) is 4.31. The van der Waals surface area contributed by atoms with Crippen LogP contribution in [0.1, 0.15) is 11.1 Å². The summed E-state index contributed by atoms with van der Waals surface area (Å²) in [5, 5.41) is 3.13. The molecule has 0 spiro atoms. The summed E-state index contributed by atoms with van der Waals surface area (Å²) in [6.07, 6.45) is 1.79. The smallest absolute Gasteiger partial charge is 0.126 e. The van der Waals surface area contributed by atoms with E-state index in [4.69, 9.17) is 0 Å². The zero-order valence-corrected chi connectivity index (χ0v) is 7.81. The van der Waals surface area contributed by atoms with Gasteiger partial charge in [-0.1, -0.05) is 18.2 Å². The van der Waals surface area contributed by atoms with Crippen LogP contribution in [-0.2, 0) is 6.54 Å². The molecule has 0 saturated carbocycles. The lowest BCUT2D eigenvalue weighted by Gasteiger charge is -2.06. The quantitative estimate of drug-likeness (QED) is 0.553. The van der Waals surface area contributed by atoms with E-state index in [2.05, 4.69) is 11.9 Å². The van der Waals surface area contributed by atoms with Gasteiger partial charge in [0.2, 0.25) is 0 Å². The van der Waals surface area contributed by atoms with Gasteiger partial charge in [-0.05, 0) is 24.1 Å². The van der Waals surface area contributed by atoms with Gasteiger partial charge in [-0.3, -0.25) is 0 Å². The fourth-order valence-electron chi connectivity index (χ4n) is 1.15. The highest BCUT2D eigenvalue weighted by Crippen LogP contribution is 2.11. The normalized spacial score (nSPS) is 10.0. The summed E-state index contributed by atoms with van der Waals surface area (Å²) in [7, 11) is 0. The number of hydrogen-bond acceptors (Lipinski definition) is 1. The van der Waals surface area contributed by atoms with Crippen LogP contribution in [0, 0.1) is 12.7 Å². The zero-order valence-electron chi connectivity index (χ0n) is 7.81. The molecule has 0 fully saturated rings. The lowest BCUT2D eigenvalue weighted by Crippen LogP contribution is -2.13. The van der Waals surface area contributed by atoms with Crippen molar-refractivity contribution in [2.45, 2.75) is 13.5 Å². The van der Waals surface area contributed by atoms with E-state index in [1.165, 1.54) is 6.07 Å². The number of benzene rings is 1. The largest absolute Gasteiger partial charge is 0.309 e. The molecule has 0 saturated heterocycles. The summed E-state index contributed by atoms with van der Waals surface area (Å²) < 4.78 is 13.0. The molecule has 0 aromatic heterocycles. The lowest BCUT2D eigenvalue weighted by molar-refractivity contribution is 0.612. The second-order valence-corrected chi connectivity index (χ2v) is 2.94. The Balaban J connectivity index is 2.65. The minimum absolute atomic E-state index is 0.141. The lowest BCUT2D eigenvalue weighted by atomic mass is 10.1. The predicted octanol–water partition coefficient (Wildman–Crippen LogP) is 2.41. The minimum atomic E-state index is -0.141. The third kappa shape index (κ3) is 2.67. The van der Waals surface area contributed by atoms with Gasteiger partial charge in [-0.25, -0.2) is 4.39 Å². The first-order chi connectivity index (χ1) is 6.25. The third-order valence-electron chi connectivity index (χ3n) is 1.98. The Hall–Kier alpha value is -1.15. The van der Waals surface area contributed by atoms with Crippen LogP contribution in [-0.4, -0.2) is 6.54 Å². The average molecular weight is 179 g/mol. The summed E-state index contributed by atoms with van der Waals surface area (Å²) >= 11 is 0. The van der Waals surface area contributed by atoms with E-state index in [-0.39, 0.29) is 5.82 Å². The first-order valence-corrected chi connectivity index (χ1v) is 4.31. The Morgan fingerprint density at radius 3 is 3.00 bits per heavy atom. The second-order valence-electron chi connectivity index (χ2n) is 2.94. The standard InChI is InChI=1S/C11H14FN/c1-3-7-13-8-10-5-4-6-11(12)9(10)2/h3-6,13H,1,7-8H2,2H3. The van der Waals surface area contributed by atoms with E-state index in [0.717, 1.165) is 17.7 Å². The van der Waals surface area contributed by atoms with Crippen molar-refractivity contribution < 1.29 is 4.39 Å². The van der Waals surface area contributed by atoms with E-state index in [1.807, 2.05) is 6.07 Å². The van der Waals surface area contributed by atoms with Crippen molar-refractivity contribution in [3.8, 4) is 0 Å². The van der Waals surface area contributed by atoms with Gasteiger partial charge in [-0.15, -0.1) is 6.58 Å². The van der Waals surface area contributed by atoms with E-state index < -0.39 is 0 Å². The molecule has 0 heterocycles. The van der Waals surface area contributed by atoms with Crippen LogP contribution in [0.4, 0.5) is 4.39 Å². The van der Waals surface area contributed by atoms with Gasteiger partial charge in [0.25, 0.3) is 0 Å². The molecule has 0 amide bonds. The Bertz CT molecular complexity index is 294. The molecule has 0 unspecified atom stereocenters. The van der Waals surface area contributed by atoms with Crippen LogP contribution in [0.2, 0.25) is 0 Å². The van der Waals surface area contributed by atoms with Crippen molar-refractivity contribution in [3.63, 3.8) is 0 Å². The Morgan fingerprint density at radius 1 is 1.54 bits per heavy atom. The maximum absolute atomic E-state index is 13.0. The summed E-state index contributed by atoms with van der Waals surface area (Å²) in [6, 6.07) is 5.13. The highest BCUT2D eigenvalue weighted by atomic mass is 19.1. The van der Waals surface area contributed by atoms with Crippen molar-refractivity contribution in [1.82, 2.24) is 5.32 Å². The van der Waals surface area contributed by atoms with E-state index in [1.54, 1.807) is 19.1 Å². The molecule has 0 aliphatic carbocycles. The zero-order chi connectivity index (χ0) is 9.68. The van der Waals surface area contributed by atoms with Crippen LogP contribution in [0.3, 0.4) is 0 Å². The number of nitrogens with one attached hydrogen (secondary N) is 1. The summed E-state index contributed by atoms with van der Waals surface area (Å²) in [6.45, 7) is 6.82. The van der Waals surface area contributed by atoms with Gasteiger partial charge in [0, 0.05) is 13.1 Å². The van der Waals surface area contributed by atoms with Crippen molar-refractivity contribution in [2.24, 2.45) is 0 Å². The molecule has 0 atom stereocenters. The first kappa shape index (κ1) is 9.93. The SMILES string of the molecule is C=CCNCc1cccc(F)c1C. The molecule has 70 valence electrons. The van der Waals surface area contributed by atoms with Crippen LogP contribution < -0.4 is 5.32 Å². The molecular formula is C11H14FN. The fraction of sp³-hybridized carbons (Fsp3) is 0.273. The molecule has 0 radical (unpaired) electrons. The number of rotatable bonds is 4. The topological polar surface area (TPSA) is 12.0 Å². The van der Waals surface area contributed by atoms with Crippen molar-refractivity contribution in [2.75, 3.05) is 6.54 Å². The van der Waals surface area contributed by atoms with Crippen LogP contribution in [0.15, 0.2) is 30.9 Å². The van der Waals surface area contributed by atoms with Crippen molar-refractivity contribution in [1.29, 1.82) is 0 Å². The number of halogens is 1. The summed E-state index contributed by atoms with van der Waals surface area (Å²) in [5.74, 6) is -0.141. The van der Waals surface area contributed by atoms with Crippen molar-refractivity contribution >= 4 is 0 Å². The maximum Gasteiger partial charge on any atom is 0.126 e. The van der Waals surface area contributed by atoms with Crippen LogP contribution in [0.5, 0.6) is 0 Å². The molecule has 0 bridgehead atoms. The van der Waals surface area contributed by atoms with E-state index >= 15 is 0 Å². The predicted molar refractivity (Wildman–Crippen MR) is 53.0 cm³/mol. The summed E-state index contributed by atoms with van der Waals surface area (Å²) in [4.78, 5) is 0. The summed E-state index contributed by atoms with van der Waals surface area (Å²) in [5.41, 5.74) is 1.72. The molecule has 0 aliphatic rings. The Kier molecular flexibility index (Phi) is 3.65. The average Bonchev–Trinajstić information content (AvgIpc) is 2.13. The molecule has 1 nitrogen and oxygen atoms in total. The van der Waals surface area contributed by atoms with Gasteiger partial charge < -0.3 is 5.32 Å². The third-order valence-corrected chi connectivity index (χ3v) is 1.98. The molecule has 13 heavy (non-hydrogen) atoms. The molecule has 1 rings (SSSR count). The second kappa shape index (κ2) is 4.77. The van der Waals surface area contributed by atoms with Gasteiger partial charge in [0.15, 0.2) is 0 Å². The highest BCUT2D eigenvalue weighted by Gasteiger charge is 2.01. The number of hydrogen-bond donors (Lipinski definition) is 1. The van der Waals surface area contributed by atoms with E-state index in [9.17, 15) is 4.39 Å². The molecule has 0 aliphatic heterocycles. The van der Waals surface area contributed by atoms with E-state index in [0.29, 0.717) is 6.54 Å². The molecule has 1 N–H and O–H groups in total. The highest BCUT2D eigenvalue weighted by molar-refractivity contribution is 5.27. The molecule has 1 aromatic rings.